The van der Waals surface area contributed by atoms with Crippen LogP contribution in [-0.4, -0.2) is 67.4 Å². The SMILES string of the molecule is CC(C)(C)[Si](C)(C)OC[C@H](N)C(=O)N[C@@]1(Cc2ccc(Cl)cc2)CCCN(C(=O)[C@@H](CC(=O)O)Cc2ccccc2)C1. The first-order chi connectivity index (χ1) is 19.6. The number of benzene rings is 2. The molecule has 0 unspecified atom stereocenters. The normalized spacial score (nSPS) is 19.2. The van der Waals surface area contributed by atoms with E-state index < -0.39 is 31.8 Å². The third kappa shape index (κ3) is 9.39. The van der Waals surface area contributed by atoms with Crippen molar-refractivity contribution in [1.29, 1.82) is 0 Å². The van der Waals surface area contributed by atoms with E-state index in [4.69, 9.17) is 21.8 Å². The standard InChI is InChI=1S/C32H46ClN3O5Si/c1-31(2,3)42(4,5)41-21-27(34)29(39)35-32(20-24-12-14-26(33)15-13-24)16-9-17-36(22-32)30(40)25(19-28(37)38)18-23-10-7-6-8-11-23/h6-8,10-15,25,27H,9,16-22,34H2,1-5H3,(H,35,39)(H,37,38)/t25-,27+,32-/m1/s1. The van der Waals surface area contributed by atoms with Crippen molar-refractivity contribution in [2.24, 2.45) is 11.7 Å². The summed E-state index contributed by atoms with van der Waals surface area (Å²) in [7, 11) is -2.11. The quantitative estimate of drug-likeness (QED) is 0.288. The minimum absolute atomic E-state index is 0.0184. The van der Waals surface area contributed by atoms with Crippen LogP contribution in [0.25, 0.3) is 0 Å². The Morgan fingerprint density at radius 1 is 1.10 bits per heavy atom. The predicted molar refractivity (Wildman–Crippen MR) is 169 cm³/mol. The monoisotopic (exact) mass is 615 g/mol. The average molecular weight is 616 g/mol. The molecule has 42 heavy (non-hydrogen) atoms. The van der Waals surface area contributed by atoms with Crippen molar-refractivity contribution in [3.8, 4) is 0 Å². The molecule has 2 aromatic rings. The molecule has 1 aliphatic heterocycles. The van der Waals surface area contributed by atoms with Crippen molar-refractivity contribution in [3.05, 3.63) is 70.7 Å². The van der Waals surface area contributed by atoms with Crippen LogP contribution in [0.3, 0.4) is 0 Å². The number of hydrogen-bond acceptors (Lipinski definition) is 5. The summed E-state index contributed by atoms with van der Waals surface area (Å²) in [6.07, 6.45) is 1.83. The molecule has 3 atom stereocenters. The number of nitrogens with zero attached hydrogens (tertiary/aromatic N) is 1. The highest BCUT2D eigenvalue weighted by Gasteiger charge is 2.42. The van der Waals surface area contributed by atoms with Crippen molar-refractivity contribution >= 4 is 37.7 Å². The van der Waals surface area contributed by atoms with Gasteiger partial charge in [0.2, 0.25) is 11.8 Å². The minimum Gasteiger partial charge on any atom is -0.481 e. The maximum absolute atomic E-state index is 13.8. The first-order valence-corrected chi connectivity index (χ1v) is 17.9. The van der Waals surface area contributed by atoms with Crippen LogP contribution in [0.4, 0.5) is 0 Å². The summed E-state index contributed by atoms with van der Waals surface area (Å²) in [6, 6.07) is 16.0. The van der Waals surface area contributed by atoms with Crippen molar-refractivity contribution in [1.82, 2.24) is 10.2 Å². The van der Waals surface area contributed by atoms with Gasteiger partial charge in [-0.1, -0.05) is 74.8 Å². The van der Waals surface area contributed by atoms with Gasteiger partial charge in [0, 0.05) is 18.1 Å². The number of carbonyl (C=O) groups is 3. The Morgan fingerprint density at radius 2 is 1.74 bits per heavy atom. The number of rotatable bonds is 12. The van der Waals surface area contributed by atoms with Crippen LogP contribution < -0.4 is 11.1 Å². The van der Waals surface area contributed by atoms with Gasteiger partial charge in [-0.05, 0) is 67.1 Å². The fourth-order valence-corrected chi connectivity index (χ4v) is 6.32. The highest BCUT2D eigenvalue weighted by atomic mass is 35.5. The van der Waals surface area contributed by atoms with Crippen molar-refractivity contribution in [2.45, 2.75) is 82.6 Å². The molecule has 230 valence electrons. The molecule has 0 aliphatic carbocycles. The van der Waals surface area contributed by atoms with Gasteiger partial charge < -0.3 is 25.5 Å². The molecule has 0 aromatic heterocycles. The van der Waals surface area contributed by atoms with Crippen LogP contribution in [-0.2, 0) is 31.7 Å². The van der Waals surface area contributed by atoms with Gasteiger partial charge in [0.05, 0.1) is 24.5 Å². The van der Waals surface area contributed by atoms with E-state index in [2.05, 4.69) is 39.2 Å². The summed E-state index contributed by atoms with van der Waals surface area (Å²) in [5.41, 5.74) is 7.45. The molecule has 1 heterocycles. The number of halogens is 1. The van der Waals surface area contributed by atoms with E-state index >= 15 is 0 Å². The zero-order valence-electron chi connectivity index (χ0n) is 25.5. The van der Waals surface area contributed by atoms with Gasteiger partial charge >= 0.3 is 5.97 Å². The Morgan fingerprint density at radius 3 is 2.33 bits per heavy atom. The van der Waals surface area contributed by atoms with Gasteiger partial charge in [0.15, 0.2) is 8.32 Å². The summed E-state index contributed by atoms with van der Waals surface area (Å²) < 4.78 is 6.23. The number of likely N-dealkylation sites (tertiary alicyclic amines) is 1. The Kier molecular flexibility index (Phi) is 11.4. The smallest absolute Gasteiger partial charge is 0.304 e. The van der Waals surface area contributed by atoms with E-state index in [0.29, 0.717) is 37.3 Å². The van der Waals surface area contributed by atoms with Crippen molar-refractivity contribution in [3.63, 3.8) is 0 Å². The second-order valence-electron chi connectivity index (χ2n) is 13.1. The van der Waals surface area contributed by atoms with E-state index in [1.54, 1.807) is 17.0 Å². The molecular formula is C32H46ClN3O5Si. The Labute approximate surface area is 256 Å². The molecule has 10 heteroatoms. The van der Waals surface area contributed by atoms with Crippen LogP contribution in [0.2, 0.25) is 23.2 Å². The minimum atomic E-state index is -2.11. The van der Waals surface area contributed by atoms with E-state index in [-0.39, 0.29) is 36.4 Å². The second kappa shape index (κ2) is 14.2. The van der Waals surface area contributed by atoms with Gasteiger partial charge in [0.1, 0.15) is 6.04 Å². The molecule has 1 saturated heterocycles. The third-order valence-corrected chi connectivity index (χ3v) is 13.3. The average Bonchev–Trinajstić information content (AvgIpc) is 2.92. The number of carboxylic acid groups (broad SMARTS) is 1. The first-order valence-electron chi connectivity index (χ1n) is 14.6. The van der Waals surface area contributed by atoms with Crippen LogP contribution in [0.15, 0.2) is 54.6 Å². The van der Waals surface area contributed by atoms with Gasteiger partial charge in [-0.15, -0.1) is 0 Å². The topological polar surface area (TPSA) is 122 Å². The molecule has 3 rings (SSSR count). The molecule has 0 spiro atoms. The molecule has 0 radical (unpaired) electrons. The van der Waals surface area contributed by atoms with Crippen molar-refractivity contribution in [2.75, 3.05) is 19.7 Å². The lowest BCUT2D eigenvalue weighted by Crippen LogP contribution is -2.64. The maximum atomic E-state index is 13.8. The number of carbonyl (C=O) groups excluding carboxylic acids is 2. The zero-order chi connectivity index (χ0) is 31.1. The molecular weight excluding hydrogens is 570 g/mol. The Balaban J connectivity index is 1.83. The molecule has 4 N–H and O–H groups in total. The highest BCUT2D eigenvalue weighted by molar-refractivity contribution is 6.74. The van der Waals surface area contributed by atoms with Crippen molar-refractivity contribution < 1.29 is 23.9 Å². The molecule has 1 aliphatic rings. The Hall–Kier alpha value is -2.72. The molecule has 2 aromatic carbocycles. The molecule has 0 bridgehead atoms. The summed E-state index contributed by atoms with van der Waals surface area (Å²) in [6.45, 7) is 11.5. The largest absolute Gasteiger partial charge is 0.481 e. The molecule has 8 nitrogen and oxygen atoms in total. The molecule has 0 saturated carbocycles. The molecule has 1 fully saturated rings. The van der Waals surface area contributed by atoms with E-state index in [1.807, 2.05) is 42.5 Å². The van der Waals surface area contributed by atoms with E-state index in [0.717, 1.165) is 11.1 Å². The number of nitrogens with two attached hydrogens (primary N) is 1. The predicted octanol–water partition coefficient (Wildman–Crippen LogP) is 5.04. The number of aliphatic carboxylic acids is 1. The van der Waals surface area contributed by atoms with Gasteiger partial charge in [-0.25, -0.2) is 0 Å². The second-order valence-corrected chi connectivity index (χ2v) is 18.3. The maximum Gasteiger partial charge on any atom is 0.304 e. The van der Waals surface area contributed by atoms with Crippen LogP contribution in [0.5, 0.6) is 0 Å². The number of nitrogens with one attached hydrogen (secondary N) is 1. The van der Waals surface area contributed by atoms with Gasteiger partial charge in [-0.2, -0.15) is 0 Å². The Bertz CT molecular complexity index is 1220. The van der Waals surface area contributed by atoms with Gasteiger partial charge in [0.25, 0.3) is 0 Å². The summed E-state index contributed by atoms with van der Waals surface area (Å²) in [4.78, 5) is 40.8. The lowest BCUT2D eigenvalue weighted by atomic mass is 9.82. The summed E-state index contributed by atoms with van der Waals surface area (Å²) >= 11 is 6.13. The molecule has 2 amide bonds. The van der Waals surface area contributed by atoms with E-state index in [9.17, 15) is 19.5 Å². The van der Waals surface area contributed by atoms with E-state index in [1.165, 1.54) is 0 Å². The number of hydrogen-bond donors (Lipinski definition) is 3. The number of piperidine rings is 1. The highest BCUT2D eigenvalue weighted by Crippen LogP contribution is 2.36. The zero-order valence-corrected chi connectivity index (χ0v) is 27.2. The van der Waals surface area contributed by atoms with Crippen LogP contribution >= 0.6 is 11.6 Å². The van der Waals surface area contributed by atoms with Crippen LogP contribution in [0, 0.1) is 5.92 Å². The number of carboxylic acids is 1. The third-order valence-electron chi connectivity index (χ3n) is 8.59. The lowest BCUT2D eigenvalue weighted by Gasteiger charge is -2.45. The van der Waals surface area contributed by atoms with Gasteiger partial charge in [-0.3, -0.25) is 14.4 Å². The summed E-state index contributed by atoms with van der Waals surface area (Å²) in [5, 5.41) is 13.4. The fraction of sp³-hybridized carbons (Fsp3) is 0.531. The van der Waals surface area contributed by atoms with Crippen LogP contribution in [0.1, 0.15) is 51.2 Å². The summed E-state index contributed by atoms with van der Waals surface area (Å²) in [5.74, 6) is -2.29. The first kappa shape index (κ1) is 33.8. The number of amides is 2. The lowest BCUT2D eigenvalue weighted by molar-refractivity contribution is -0.146. The fourth-order valence-electron chi connectivity index (χ4n) is 5.16.